The molecule has 2 fully saturated rings. The molecule has 3 aliphatic rings. The van der Waals surface area contributed by atoms with Crippen LogP contribution in [0.5, 0.6) is 5.75 Å². The number of rotatable bonds is 6. The minimum Gasteiger partial charge on any atom is -0.490 e. The van der Waals surface area contributed by atoms with Gasteiger partial charge in [0.1, 0.15) is 24.0 Å². The molecule has 6 rings (SSSR count). The second kappa shape index (κ2) is 11.8. The first-order valence-corrected chi connectivity index (χ1v) is 13.9. The van der Waals surface area contributed by atoms with E-state index < -0.39 is 35.9 Å². The topological polar surface area (TPSA) is 103 Å². The van der Waals surface area contributed by atoms with Crippen molar-refractivity contribution in [3.63, 3.8) is 0 Å². The molecule has 2 unspecified atom stereocenters. The van der Waals surface area contributed by atoms with Crippen molar-refractivity contribution >= 4 is 17.6 Å². The van der Waals surface area contributed by atoms with E-state index in [4.69, 9.17) is 4.74 Å². The number of amides is 2. The molecule has 0 bridgehead atoms. The standard InChI is InChI=1S/C29H29F4N7O3/c30-20-5-6-25(35-13-20)38-7-9-39(10-8-38)28(42)19-11-21(14-34-12-19)43-17-24-22-4-2-1-3-18(22)16-40(24)23-15-36-37-27(41)26(23)29(31,32)33/h1-6,11-14,23-24,26,36H,7-10,15-17H2,(H,37,41)/t23?,24-,26?/m0/s1. The van der Waals surface area contributed by atoms with Gasteiger partial charge in [0, 0.05) is 51.5 Å². The molecule has 0 aliphatic carbocycles. The maximum atomic E-state index is 14.0. The van der Waals surface area contributed by atoms with Gasteiger partial charge in [0.25, 0.3) is 5.91 Å². The Labute approximate surface area is 244 Å². The summed E-state index contributed by atoms with van der Waals surface area (Å²) in [5.41, 5.74) is 6.71. The Balaban J connectivity index is 1.14. The number of pyridine rings is 2. The summed E-state index contributed by atoms with van der Waals surface area (Å²) < 4.78 is 61.2. The van der Waals surface area contributed by atoms with E-state index in [1.54, 1.807) is 21.9 Å². The maximum absolute atomic E-state index is 14.0. The van der Waals surface area contributed by atoms with Crippen LogP contribution >= 0.6 is 0 Å². The Bertz CT molecular complexity index is 1480. The number of aromatic nitrogens is 2. The minimum atomic E-state index is -4.73. The number of carbonyl (C=O) groups is 2. The maximum Gasteiger partial charge on any atom is 0.402 e. The summed E-state index contributed by atoms with van der Waals surface area (Å²) in [6.07, 6.45) is -0.670. The number of piperazine rings is 1. The number of benzene rings is 1. The smallest absolute Gasteiger partial charge is 0.402 e. The quantitative estimate of drug-likeness (QED) is 0.418. The van der Waals surface area contributed by atoms with Gasteiger partial charge in [-0.1, -0.05) is 24.3 Å². The Morgan fingerprint density at radius 3 is 2.58 bits per heavy atom. The first kappa shape index (κ1) is 28.8. The van der Waals surface area contributed by atoms with E-state index in [0.29, 0.717) is 43.3 Å². The summed E-state index contributed by atoms with van der Waals surface area (Å²) in [4.78, 5) is 39.2. The van der Waals surface area contributed by atoms with E-state index in [9.17, 15) is 27.2 Å². The molecule has 5 heterocycles. The normalized spacial score (nSPS) is 22.7. The fourth-order valence-electron chi connectivity index (χ4n) is 5.98. The van der Waals surface area contributed by atoms with Crippen molar-refractivity contribution in [1.29, 1.82) is 0 Å². The zero-order valence-electron chi connectivity index (χ0n) is 22.9. The van der Waals surface area contributed by atoms with E-state index in [-0.39, 0.29) is 25.6 Å². The molecule has 1 aromatic carbocycles. The van der Waals surface area contributed by atoms with E-state index >= 15 is 0 Å². The summed E-state index contributed by atoms with van der Waals surface area (Å²) in [5.74, 6) is -3.03. The van der Waals surface area contributed by atoms with Crippen molar-refractivity contribution in [3.05, 3.63) is 83.6 Å². The molecule has 2 N–H and O–H groups in total. The summed E-state index contributed by atoms with van der Waals surface area (Å²) >= 11 is 0. The van der Waals surface area contributed by atoms with Gasteiger partial charge in [-0.3, -0.25) is 24.9 Å². The molecule has 3 aliphatic heterocycles. The van der Waals surface area contributed by atoms with Crippen LogP contribution in [0.15, 0.2) is 61.1 Å². The Morgan fingerprint density at radius 2 is 1.84 bits per heavy atom. The third kappa shape index (κ3) is 5.97. The number of hydrazine groups is 1. The molecule has 14 heteroatoms. The van der Waals surface area contributed by atoms with Gasteiger partial charge in [-0.2, -0.15) is 13.2 Å². The summed E-state index contributed by atoms with van der Waals surface area (Å²) in [6, 6.07) is 10.1. The number of alkyl halides is 3. The molecular formula is C29H29F4N7O3. The van der Waals surface area contributed by atoms with Gasteiger partial charge in [-0.15, -0.1) is 0 Å². The molecular weight excluding hydrogens is 570 g/mol. The molecule has 2 amide bonds. The van der Waals surface area contributed by atoms with Crippen LogP contribution in [-0.2, 0) is 11.3 Å². The highest BCUT2D eigenvalue weighted by atomic mass is 19.4. The SMILES string of the molecule is O=C1NNCC(N2Cc3ccccc3[C@@H]2COc2cncc(C(=O)N3CCN(c4ccc(F)cn4)CC3)c2)C1C(F)(F)F. The fraction of sp³-hybridized carbons (Fsp3) is 0.379. The lowest BCUT2D eigenvalue weighted by molar-refractivity contribution is -0.202. The van der Waals surface area contributed by atoms with Gasteiger partial charge >= 0.3 is 6.18 Å². The Kier molecular flexibility index (Phi) is 7.88. The van der Waals surface area contributed by atoms with Gasteiger partial charge in [0.15, 0.2) is 5.92 Å². The summed E-state index contributed by atoms with van der Waals surface area (Å²) in [7, 11) is 0. The van der Waals surface area contributed by atoms with E-state index in [1.165, 1.54) is 18.5 Å². The number of hydrogen-bond acceptors (Lipinski definition) is 8. The van der Waals surface area contributed by atoms with Crippen LogP contribution in [0.2, 0.25) is 0 Å². The largest absolute Gasteiger partial charge is 0.490 e. The predicted molar refractivity (Wildman–Crippen MR) is 146 cm³/mol. The molecule has 0 spiro atoms. The molecule has 2 aromatic heterocycles. The predicted octanol–water partition coefficient (Wildman–Crippen LogP) is 2.70. The zero-order chi connectivity index (χ0) is 30.1. The molecule has 3 aromatic rings. The number of carbonyl (C=O) groups excluding carboxylic acids is 2. The van der Waals surface area contributed by atoms with Gasteiger partial charge in [0.05, 0.1) is 24.0 Å². The summed E-state index contributed by atoms with van der Waals surface area (Å²) in [6.45, 7) is 2.04. The number of nitrogens with zero attached hydrogens (tertiary/aromatic N) is 5. The van der Waals surface area contributed by atoms with Crippen molar-refractivity contribution < 1.29 is 31.9 Å². The van der Waals surface area contributed by atoms with E-state index in [1.807, 2.05) is 29.2 Å². The average molecular weight is 600 g/mol. The van der Waals surface area contributed by atoms with Gasteiger partial charge in [-0.05, 0) is 29.3 Å². The van der Waals surface area contributed by atoms with E-state index in [2.05, 4.69) is 20.8 Å². The third-order valence-corrected chi connectivity index (χ3v) is 8.11. The Morgan fingerprint density at radius 1 is 1.05 bits per heavy atom. The van der Waals surface area contributed by atoms with Crippen LogP contribution in [0.1, 0.15) is 27.5 Å². The number of anilines is 1. The number of fused-ring (bicyclic) bond motifs is 1. The van der Waals surface area contributed by atoms with Crippen molar-refractivity contribution in [2.24, 2.45) is 5.92 Å². The van der Waals surface area contributed by atoms with Crippen molar-refractivity contribution in [2.45, 2.75) is 24.8 Å². The molecule has 2 saturated heterocycles. The first-order valence-electron chi connectivity index (χ1n) is 13.9. The highest BCUT2D eigenvalue weighted by Crippen LogP contribution is 2.41. The fourth-order valence-corrected chi connectivity index (χ4v) is 5.98. The lowest BCUT2D eigenvalue weighted by Crippen LogP contribution is -2.64. The van der Waals surface area contributed by atoms with Crippen LogP contribution in [0, 0.1) is 11.7 Å². The molecule has 43 heavy (non-hydrogen) atoms. The minimum absolute atomic E-state index is 0.0115. The van der Waals surface area contributed by atoms with Crippen molar-refractivity contribution in [1.82, 2.24) is 30.6 Å². The van der Waals surface area contributed by atoms with Crippen molar-refractivity contribution in [2.75, 3.05) is 44.2 Å². The van der Waals surface area contributed by atoms with Crippen LogP contribution in [0.25, 0.3) is 0 Å². The van der Waals surface area contributed by atoms with Crippen LogP contribution in [0.4, 0.5) is 23.4 Å². The lowest BCUT2D eigenvalue weighted by Gasteiger charge is -2.40. The second-order valence-corrected chi connectivity index (χ2v) is 10.7. The third-order valence-electron chi connectivity index (χ3n) is 8.11. The van der Waals surface area contributed by atoms with E-state index in [0.717, 1.165) is 17.3 Å². The second-order valence-electron chi connectivity index (χ2n) is 10.7. The molecule has 226 valence electrons. The monoisotopic (exact) mass is 599 g/mol. The van der Waals surface area contributed by atoms with Gasteiger partial charge in [-0.25, -0.2) is 14.8 Å². The Hall–Kier alpha value is -4.30. The molecule has 0 radical (unpaired) electrons. The molecule has 0 saturated carbocycles. The van der Waals surface area contributed by atoms with Gasteiger partial charge in [0.2, 0.25) is 5.91 Å². The van der Waals surface area contributed by atoms with Crippen LogP contribution in [-0.4, -0.2) is 83.1 Å². The molecule has 3 atom stereocenters. The first-order chi connectivity index (χ1) is 20.7. The van der Waals surface area contributed by atoms with Crippen LogP contribution in [0.3, 0.4) is 0 Å². The highest BCUT2D eigenvalue weighted by molar-refractivity contribution is 5.94. The number of nitrogens with one attached hydrogen (secondary N) is 2. The highest BCUT2D eigenvalue weighted by Gasteiger charge is 2.55. The van der Waals surface area contributed by atoms with Crippen molar-refractivity contribution in [3.8, 4) is 5.75 Å². The number of halogens is 4. The lowest BCUT2D eigenvalue weighted by atomic mass is 9.94. The number of hydrogen-bond donors (Lipinski definition) is 2. The molecule has 10 nitrogen and oxygen atoms in total. The average Bonchev–Trinajstić information content (AvgIpc) is 3.38. The zero-order valence-corrected chi connectivity index (χ0v) is 22.9. The van der Waals surface area contributed by atoms with Gasteiger partial charge < -0.3 is 14.5 Å². The van der Waals surface area contributed by atoms with Crippen LogP contribution < -0.4 is 20.5 Å². The number of ether oxygens (including phenoxy) is 1. The summed E-state index contributed by atoms with van der Waals surface area (Å²) in [5, 5.41) is 0.